The second-order valence-corrected chi connectivity index (χ2v) is 16.0. The number of fused-ring (bicyclic) bond motifs is 1. The van der Waals surface area contributed by atoms with Crippen LogP contribution in [0, 0.1) is 0 Å². The number of likely N-dealkylation sites (tertiary alicyclic amines) is 1. The van der Waals surface area contributed by atoms with Crippen molar-refractivity contribution < 1.29 is 13.5 Å². The van der Waals surface area contributed by atoms with Gasteiger partial charge in [0, 0.05) is 47.2 Å². The molecule has 1 aliphatic heterocycles. The van der Waals surface area contributed by atoms with Crippen LogP contribution in [0.3, 0.4) is 0 Å². The van der Waals surface area contributed by atoms with Crippen molar-refractivity contribution in [3.8, 4) is 11.3 Å². The molecule has 0 bridgehead atoms. The second kappa shape index (κ2) is 9.78. The molecule has 33 heavy (non-hydrogen) atoms. The number of hydrogen-bond donors (Lipinski definition) is 0. The lowest BCUT2D eigenvalue weighted by atomic mass is 10.0. The predicted octanol–water partition coefficient (Wildman–Crippen LogP) is 6.30. The Bertz CT molecular complexity index is 1090. The van der Waals surface area contributed by atoms with Crippen LogP contribution >= 0.6 is 11.6 Å². The highest BCUT2D eigenvalue weighted by Gasteiger charge is 2.33. The summed E-state index contributed by atoms with van der Waals surface area (Å²) < 4.78 is 34.9. The number of alkyl halides is 2. The van der Waals surface area contributed by atoms with Gasteiger partial charge in [-0.15, -0.1) is 0 Å². The zero-order valence-corrected chi connectivity index (χ0v) is 21.2. The molecular weight excluding hydrogens is 462 g/mol. The highest BCUT2D eigenvalue weighted by atomic mass is 35.5. The lowest BCUT2D eigenvalue weighted by Gasteiger charge is -2.31. The molecule has 0 spiro atoms. The van der Waals surface area contributed by atoms with Crippen LogP contribution < -0.4 is 0 Å². The molecule has 0 atom stereocenters. The van der Waals surface area contributed by atoms with E-state index >= 15 is 0 Å². The predicted molar refractivity (Wildman–Crippen MR) is 132 cm³/mol. The summed E-state index contributed by atoms with van der Waals surface area (Å²) in [7, 11) is -1.18. The molecule has 5 nitrogen and oxygen atoms in total. The van der Waals surface area contributed by atoms with Gasteiger partial charge in [-0.05, 0) is 23.2 Å². The first-order chi connectivity index (χ1) is 15.6. The van der Waals surface area contributed by atoms with Gasteiger partial charge in [0.2, 0.25) is 0 Å². The summed E-state index contributed by atoms with van der Waals surface area (Å²) in [6.07, 6.45) is 1.34. The smallest absolute Gasteiger partial charge is 0.250 e. The molecule has 1 fully saturated rings. The van der Waals surface area contributed by atoms with E-state index in [1.54, 1.807) is 0 Å². The van der Waals surface area contributed by atoms with Crippen LogP contribution in [0.5, 0.6) is 0 Å². The van der Waals surface area contributed by atoms with Gasteiger partial charge in [-0.25, -0.2) is 18.7 Å². The normalized spacial score (nSPS) is 17.0. The number of nitrogens with zero attached hydrogens (tertiary/aromatic N) is 4. The van der Waals surface area contributed by atoms with Crippen LogP contribution in [0.1, 0.15) is 18.4 Å². The highest BCUT2D eigenvalue weighted by Crippen LogP contribution is 2.32. The molecule has 3 aromatic rings. The summed E-state index contributed by atoms with van der Waals surface area (Å²) in [5, 5.41) is 1.21. The first kappa shape index (κ1) is 24.3. The van der Waals surface area contributed by atoms with Crippen LogP contribution in [-0.2, 0) is 18.0 Å². The molecule has 0 radical (unpaired) electrons. The fourth-order valence-corrected chi connectivity index (χ4v) is 4.95. The van der Waals surface area contributed by atoms with Gasteiger partial charge >= 0.3 is 0 Å². The summed E-state index contributed by atoms with van der Waals surface area (Å²) in [5.74, 6) is -2.52. The molecule has 1 aromatic carbocycles. The monoisotopic (exact) mass is 492 g/mol. The SMILES string of the molecule is C[Si](C)(C)CCOCn1c(-c2ccc(CN3CCC(F)(F)CC3)cc2)cc2c(Cl)ncnc21. The number of piperidine rings is 1. The third-order valence-corrected chi connectivity index (χ3v) is 8.11. The van der Waals surface area contributed by atoms with Crippen molar-refractivity contribution in [2.75, 3.05) is 19.7 Å². The molecule has 0 unspecified atom stereocenters. The Morgan fingerprint density at radius 1 is 1.09 bits per heavy atom. The molecule has 1 aliphatic rings. The van der Waals surface area contributed by atoms with Gasteiger partial charge in [-0.3, -0.25) is 4.90 Å². The van der Waals surface area contributed by atoms with E-state index in [1.165, 1.54) is 6.33 Å². The maximum absolute atomic E-state index is 13.4. The van der Waals surface area contributed by atoms with E-state index in [2.05, 4.69) is 58.8 Å². The number of benzene rings is 1. The Labute approximate surface area is 199 Å². The van der Waals surface area contributed by atoms with E-state index in [-0.39, 0.29) is 12.8 Å². The van der Waals surface area contributed by atoms with Crippen LogP contribution in [0.4, 0.5) is 8.78 Å². The Morgan fingerprint density at radius 2 is 1.79 bits per heavy atom. The van der Waals surface area contributed by atoms with E-state index in [4.69, 9.17) is 16.3 Å². The second-order valence-electron chi connectivity index (χ2n) is 10.0. The van der Waals surface area contributed by atoms with Gasteiger partial charge in [0.25, 0.3) is 5.92 Å². The molecule has 178 valence electrons. The van der Waals surface area contributed by atoms with Gasteiger partial charge < -0.3 is 9.30 Å². The van der Waals surface area contributed by atoms with Gasteiger partial charge in [-0.1, -0.05) is 55.5 Å². The minimum atomic E-state index is -2.52. The van der Waals surface area contributed by atoms with Crippen molar-refractivity contribution >= 4 is 30.7 Å². The Morgan fingerprint density at radius 3 is 2.45 bits per heavy atom. The molecule has 9 heteroatoms. The van der Waals surface area contributed by atoms with Crippen LogP contribution in [0.15, 0.2) is 36.7 Å². The first-order valence-corrected chi connectivity index (χ1v) is 15.5. The Balaban J connectivity index is 1.52. The highest BCUT2D eigenvalue weighted by molar-refractivity contribution is 6.76. The molecule has 4 rings (SSSR count). The van der Waals surface area contributed by atoms with Gasteiger partial charge in [0.05, 0.1) is 11.1 Å². The summed E-state index contributed by atoms with van der Waals surface area (Å²) in [5.41, 5.74) is 3.84. The number of halogens is 3. The first-order valence-electron chi connectivity index (χ1n) is 11.4. The molecular formula is C24H31ClF2N4OSi. The van der Waals surface area contributed by atoms with Crippen LogP contribution in [0.2, 0.25) is 30.8 Å². The lowest BCUT2D eigenvalue weighted by Crippen LogP contribution is -2.38. The third-order valence-electron chi connectivity index (χ3n) is 6.10. The summed E-state index contributed by atoms with van der Waals surface area (Å²) >= 11 is 6.35. The lowest BCUT2D eigenvalue weighted by molar-refractivity contribution is -0.0566. The minimum Gasteiger partial charge on any atom is -0.361 e. The summed E-state index contributed by atoms with van der Waals surface area (Å²) in [4.78, 5) is 10.7. The van der Waals surface area contributed by atoms with E-state index in [0.717, 1.165) is 33.9 Å². The zero-order chi connectivity index (χ0) is 23.6. The quantitative estimate of drug-likeness (QED) is 0.210. The number of ether oxygens (including phenoxy) is 1. The molecule has 3 heterocycles. The van der Waals surface area contributed by atoms with Gasteiger partial charge in [0.1, 0.15) is 23.9 Å². The molecule has 0 N–H and O–H groups in total. The van der Waals surface area contributed by atoms with Crippen molar-refractivity contribution in [3.63, 3.8) is 0 Å². The van der Waals surface area contributed by atoms with Crippen molar-refractivity contribution in [1.82, 2.24) is 19.4 Å². The average molecular weight is 493 g/mol. The number of rotatable bonds is 8. The molecule has 1 saturated heterocycles. The topological polar surface area (TPSA) is 43.2 Å². The fourth-order valence-electron chi connectivity index (χ4n) is 4.01. The number of aromatic nitrogens is 3. The van der Waals surface area contributed by atoms with Gasteiger partial charge in [0.15, 0.2) is 0 Å². The van der Waals surface area contributed by atoms with E-state index < -0.39 is 14.0 Å². The maximum Gasteiger partial charge on any atom is 0.250 e. The number of hydrogen-bond acceptors (Lipinski definition) is 4. The minimum absolute atomic E-state index is 0.0648. The Hall–Kier alpha value is -1.87. The standard InChI is InChI=1S/C24H31ClF2N4OSi/c1-33(2,3)13-12-32-17-31-21(14-20-22(25)28-16-29-23(20)31)19-6-4-18(5-7-19)15-30-10-8-24(26,27)9-11-30/h4-7,14,16H,8-13,15,17H2,1-3H3. The van der Waals surface area contributed by atoms with E-state index in [1.807, 2.05) is 10.6 Å². The summed E-state index contributed by atoms with van der Waals surface area (Å²) in [6.45, 7) is 9.62. The summed E-state index contributed by atoms with van der Waals surface area (Å²) in [6, 6.07) is 11.3. The Kier molecular flexibility index (Phi) is 7.19. The van der Waals surface area contributed by atoms with Crippen LogP contribution in [0.25, 0.3) is 22.3 Å². The van der Waals surface area contributed by atoms with Crippen LogP contribution in [-0.4, -0.2) is 53.1 Å². The molecule has 2 aromatic heterocycles. The third kappa shape index (κ3) is 6.18. The molecule has 0 saturated carbocycles. The van der Waals surface area contributed by atoms with Crippen molar-refractivity contribution in [2.45, 2.75) is 57.7 Å². The van der Waals surface area contributed by atoms with Crippen molar-refractivity contribution in [3.05, 3.63) is 47.4 Å². The zero-order valence-electron chi connectivity index (χ0n) is 19.5. The van der Waals surface area contributed by atoms with Crippen molar-refractivity contribution in [2.24, 2.45) is 0 Å². The molecule has 0 amide bonds. The average Bonchev–Trinajstić information content (AvgIpc) is 3.13. The fraction of sp³-hybridized carbons (Fsp3) is 0.500. The van der Waals surface area contributed by atoms with E-state index in [9.17, 15) is 8.78 Å². The maximum atomic E-state index is 13.4. The van der Waals surface area contributed by atoms with Gasteiger partial charge in [-0.2, -0.15) is 0 Å². The largest absolute Gasteiger partial charge is 0.361 e. The molecule has 0 aliphatic carbocycles. The van der Waals surface area contributed by atoms with Crippen molar-refractivity contribution in [1.29, 1.82) is 0 Å². The van der Waals surface area contributed by atoms with E-state index in [0.29, 0.717) is 38.1 Å².